The highest BCUT2D eigenvalue weighted by molar-refractivity contribution is 7.70. The summed E-state index contributed by atoms with van der Waals surface area (Å²) in [4.78, 5) is 39.8. The Balaban J connectivity index is 2.97. The Hall–Kier alpha value is -0.0700. The normalized spacial score (nSPS) is 13.4. The smallest absolute Gasteiger partial charge is 0.324 e. The van der Waals surface area contributed by atoms with Gasteiger partial charge in [-0.05, 0) is 6.92 Å². The van der Waals surface area contributed by atoms with Gasteiger partial charge in [-0.15, -0.1) is 11.3 Å². The van der Waals surface area contributed by atoms with Crippen LogP contribution in [0.5, 0.6) is 0 Å². The Bertz CT molecular complexity index is 439. The summed E-state index contributed by atoms with van der Waals surface area (Å²) in [7, 11) is -9.68. The van der Waals surface area contributed by atoms with Crippen molar-refractivity contribution in [3.05, 3.63) is 16.1 Å². The van der Waals surface area contributed by atoms with Crippen LogP contribution in [0.25, 0.3) is 0 Å². The molecule has 1 aromatic heterocycles. The third kappa shape index (κ3) is 3.75. The molecule has 7 nitrogen and oxygen atoms in total. The van der Waals surface area contributed by atoms with Gasteiger partial charge in [0.2, 0.25) is 0 Å². The molecule has 0 unspecified atom stereocenters. The summed E-state index contributed by atoms with van der Waals surface area (Å²) in [5, 5.41) is -1.31. The summed E-state index contributed by atoms with van der Waals surface area (Å²) >= 11 is 1.15. The highest BCUT2D eigenvalue weighted by Gasteiger charge is 2.43. The third-order valence-corrected chi connectivity index (χ3v) is 6.49. The van der Waals surface area contributed by atoms with E-state index in [1.54, 1.807) is 6.92 Å². The van der Waals surface area contributed by atoms with Gasteiger partial charge in [0.25, 0.3) is 0 Å². The fourth-order valence-corrected chi connectivity index (χ4v) is 4.64. The lowest BCUT2D eigenvalue weighted by Crippen LogP contribution is -2.11. The molecule has 0 spiro atoms. The summed E-state index contributed by atoms with van der Waals surface area (Å²) in [5.41, 5.74) is 0. The Morgan fingerprint density at radius 2 is 1.81 bits per heavy atom. The van der Waals surface area contributed by atoms with Gasteiger partial charge in [0, 0.05) is 17.5 Å². The largest absolute Gasteiger partial charge is 0.341 e. The Morgan fingerprint density at radius 3 is 2.12 bits per heavy atom. The molecule has 0 saturated carbocycles. The Morgan fingerprint density at radius 1 is 1.31 bits per heavy atom. The van der Waals surface area contributed by atoms with Crippen LogP contribution in [-0.2, 0) is 15.6 Å². The minimum atomic E-state index is -4.84. The predicted octanol–water partition coefficient (Wildman–Crippen LogP) is 0.676. The zero-order valence-corrected chi connectivity index (χ0v) is 10.8. The molecule has 0 fully saturated rings. The molecule has 1 heterocycles. The number of thiazole rings is 1. The SMILES string of the molecule is Cc1ncc(CC(P(=O)(O)O)P(=O)(O)O)s1. The van der Waals surface area contributed by atoms with Gasteiger partial charge in [-0.3, -0.25) is 9.13 Å². The molecule has 0 aliphatic heterocycles. The van der Waals surface area contributed by atoms with Crippen LogP contribution >= 0.6 is 26.5 Å². The zero-order chi connectivity index (χ0) is 12.6. The van der Waals surface area contributed by atoms with Crippen molar-refractivity contribution in [3.63, 3.8) is 0 Å². The topological polar surface area (TPSA) is 128 Å². The van der Waals surface area contributed by atoms with Crippen LogP contribution in [0.1, 0.15) is 9.88 Å². The molecule has 0 amide bonds. The van der Waals surface area contributed by atoms with Gasteiger partial charge in [-0.1, -0.05) is 0 Å². The monoisotopic (exact) mass is 287 g/mol. The van der Waals surface area contributed by atoms with Crippen molar-refractivity contribution < 1.29 is 28.7 Å². The molecule has 1 rings (SSSR count). The lowest BCUT2D eigenvalue weighted by molar-refractivity contribution is 0.338. The second-order valence-electron chi connectivity index (χ2n) is 3.21. The zero-order valence-electron chi connectivity index (χ0n) is 8.22. The first-order valence-electron chi connectivity index (χ1n) is 4.12. The maximum atomic E-state index is 11.0. The van der Waals surface area contributed by atoms with Crippen molar-refractivity contribution in [3.8, 4) is 0 Å². The molecule has 10 heteroatoms. The van der Waals surface area contributed by atoms with Crippen molar-refractivity contribution in [1.82, 2.24) is 4.98 Å². The average Bonchev–Trinajstić information content (AvgIpc) is 2.43. The van der Waals surface area contributed by atoms with E-state index in [1.165, 1.54) is 6.20 Å². The highest BCUT2D eigenvalue weighted by Crippen LogP contribution is 2.61. The van der Waals surface area contributed by atoms with Crippen molar-refractivity contribution in [2.45, 2.75) is 18.7 Å². The molecular formula is C6H11NO6P2S. The minimum absolute atomic E-state index is 0.375. The second-order valence-corrected chi connectivity index (χ2v) is 8.54. The minimum Gasteiger partial charge on any atom is -0.324 e. The maximum absolute atomic E-state index is 11.0. The molecule has 4 N–H and O–H groups in total. The number of aromatic nitrogens is 1. The lowest BCUT2D eigenvalue weighted by atomic mass is 10.4. The van der Waals surface area contributed by atoms with Gasteiger partial charge in [-0.2, -0.15) is 0 Å². The van der Waals surface area contributed by atoms with Crippen molar-refractivity contribution in [1.29, 1.82) is 0 Å². The van der Waals surface area contributed by atoms with Crippen LogP contribution < -0.4 is 0 Å². The first kappa shape index (κ1) is 14.0. The quantitative estimate of drug-likeness (QED) is 0.599. The van der Waals surface area contributed by atoms with E-state index in [0.717, 1.165) is 11.3 Å². The second kappa shape index (κ2) is 4.66. The summed E-state index contributed by atoms with van der Waals surface area (Å²) in [6, 6.07) is 0. The fourth-order valence-electron chi connectivity index (χ4n) is 1.11. The van der Waals surface area contributed by atoms with E-state index >= 15 is 0 Å². The van der Waals surface area contributed by atoms with E-state index in [0.29, 0.717) is 9.88 Å². The molecule has 0 saturated heterocycles. The molecule has 0 aliphatic carbocycles. The van der Waals surface area contributed by atoms with Crippen LogP contribution in [0, 0.1) is 6.92 Å². The van der Waals surface area contributed by atoms with Crippen molar-refractivity contribution >= 4 is 26.5 Å². The molecule has 1 aromatic rings. The summed E-state index contributed by atoms with van der Waals surface area (Å²) in [6.45, 7) is 1.69. The van der Waals surface area contributed by atoms with E-state index in [2.05, 4.69) is 4.98 Å². The highest BCUT2D eigenvalue weighted by atomic mass is 32.1. The summed E-state index contributed by atoms with van der Waals surface area (Å²) < 4.78 is 22.0. The Kier molecular flexibility index (Phi) is 4.08. The van der Waals surface area contributed by atoms with Gasteiger partial charge in [-0.25, -0.2) is 4.98 Å². The maximum Gasteiger partial charge on any atom is 0.341 e. The fraction of sp³-hybridized carbons (Fsp3) is 0.500. The molecule has 92 valence electrons. The summed E-state index contributed by atoms with van der Waals surface area (Å²) in [6.07, 6.45) is 0.985. The average molecular weight is 287 g/mol. The van der Waals surface area contributed by atoms with E-state index < -0.39 is 20.6 Å². The number of aryl methyl sites for hydroxylation is 1. The number of hydrogen-bond acceptors (Lipinski definition) is 4. The van der Waals surface area contributed by atoms with Crippen LogP contribution in [0.15, 0.2) is 6.20 Å². The first-order valence-corrected chi connectivity index (χ1v) is 8.30. The van der Waals surface area contributed by atoms with Gasteiger partial charge in [0.05, 0.1) is 5.01 Å². The lowest BCUT2D eigenvalue weighted by Gasteiger charge is -2.18. The molecule has 0 aromatic carbocycles. The van der Waals surface area contributed by atoms with Crippen LogP contribution in [0.4, 0.5) is 0 Å². The van der Waals surface area contributed by atoms with Gasteiger partial charge >= 0.3 is 15.2 Å². The van der Waals surface area contributed by atoms with E-state index in [1.807, 2.05) is 0 Å². The number of nitrogens with zero attached hydrogens (tertiary/aromatic N) is 1. The van der Waals surface area contributed by atoms with Crippen LogP contribution in [0.3, 0.4) is 0 Å². The standard InChI is InChI=1S/C6H11NO6P2S/c1-4-7-3-5(16-4)2-6(14(8,9)10)15(11,12)13/h3,6H,2H2,1H3,(H2,8,9,10)(H2,11,12,13). The molecule has 0 bridgehead atoms. The molecule has 0 atom stereocenters. The van der Waals surface area contributed by atoms with Gasteiger partial charge in [0.15, 0.2) is 5.40 Å². The van der Waals surface area contributed by atoms with Gasteiger partial charge < -0.3 is 19.6 Å². The van der Waals surface area contributed by atoms with E-state index in [4.69, 9.17) is 19.6 Å². The molecule has 0 radical (unpaired) electrons. The molecule has 16 heavy (non-hydrogen) atoms. The van der Waals surface area contributed by atoms with E-state index in [-0.39, 0.29) is 6.42 Å². The molecule has 0 aliphatic rings. The number of hydrogen-bond donors (Lipinski definition) is 4. The van der Waals surface area contributed by atoms with Crippen LogP contribution in [0.2, 0.25) is 0 Å². The third-order valence-electron chi connectivity index (χ3n) is 1.83. The van der Waals surface area contributed by atoms with Crippen molar-refractivity contribution in [2.24, 2.45) is 0 Å². The first-order chi connectivity index (χ1) is 7.10. The molecular weight excluding hydrogens is 276 g/mol. The van der Waals surface area contributed by atoms with Crippen LogP contribution in [-0.4, -0.2) is 30.0 Å². The van der Waals surface area contributed by atoms with Gasteiger partial charge in [0.1, 0.15) is 0 Å². The van der Waals surface area contributed by atoms with E-state index in [9.17, 15) is 9.13 Å². The number of rotatable bonds is 4. The van der Waals surface area contributed by atoms with Crippen molar-refractivity contribution in [2.75, 3.05) is 0 Å². The predicted molar refractivity (Wildman–Crippen MR) is 58.4 cm³/mol. The Labute approximate surface area is 95.5 Å². The summed E-state index contributed by atoms with van der Waals surface area (Å²) in [5.74, 6) is 0.